The predicted molar refractivity (Wildman–Crippen MR) is 137 cm³/mol. The maximum absolute atomic E-state index is 13.1. The van der Waals surface area contributed by atoms with Crippen LogP contribution in [0.5, 0.6) is 5.88 Å². The summed E-state index contributed by atoms with van der Waals surface area (Å²) in [6.45, 7) is 2.54. The van der Waals surface area contributed by atoms with Gasteiger partial charge in [-0.3, -0.25) is 4.79 Å². The number of hydrogen-bond acceptors (Lipinski definition) is 4. The first kappa shape index (κ1) is 27.5. The van der Waals surface area contributed by atoms with Crippen molar-refractivity contribution in [3.8, 4) is 28.3 Å². The molecular formula is C26H22Cl3F3N2O3. The maximum atomic E-state index is 13.1. The number of nitrogens with zero attached hydrogens (tertiary/aromatic N) is 1. The first-order valence-corrected chi connectivity index (χ1v) is 12.4. The van der Waals surface area contributed by atoms with Crippen molar-refractivity contribution in [2.24, 2.45) is 0 Å². The van der Waals surface area contributed by atoms with Gasteiger partial charge in [-0.1, -0.05) is 46.9 Å². The molecule has 2 N–H and O–H groups in total. The molecule has 2 aromatic carbocycles. The molecule has 0 aliphatic carbocycles. The monoisotopic (exact) mass is 572 g/mol. The maximum Gasteiger partial charge on any atom is 0.416 e. The van der Waals surface area contributed by atoms with E-state index in [9.17, 15) is 23.1 Å². The number of fused-ring (bicyclic) bond motifs is 1. The number of aliphatic hydroxyl groups is 1. The van der Waals surface area contributed by atoms with Gasteiger partial charge in [0.1, 0.15) is 5.60 Å². The molecule has 0 radical (unpaired) electrons. The van der Waals surface area contributed by atoms with Gasteiger partial charge in [0.15, 0.2) is 6.10 Å². The Morgan fingerprint density at radius 2 is 1.76 bits per heavy atom. The zero-order chi connectivity index (χ0) is 27.1. The number of alkyl halides is 3. The molecule has 5 nitrogen and oxygen atoms in total. The lowest BCUT2D eigenvalue weighted by molar-refractivity contribution is -0.201. The van der Waals surface area contributed by atoms with E-state index in [1.165, 1.54) is 0 Å². The second-order valence-corrected chi connectivity index (χ2v) is 10.6. The second-order valence-electron chi connectivity index (χ2n) is 9.33. The van der Waals surface area contributed by atoms with Crippen molar-refractivity contribution in [2.75, 3.05) is 6.54 Å². The first-order valence-electron chi connectivity index (χ1n) is 11.2. The average Bonchev–Trinajstić information content (AvgIpc) is 2.80. The summed E-state index contributed by atoms with van der Waals surface area (Å²) in [7, 11) is 0. The van der Waals surface area contributed by atoms with Crippen LogP contribution in [0.15, 0.2) is 48.5 Å². The van der Waals surface area contributed by atoms with Crippen LogP contribution in [0.25, 0.3) is 22.4 Å². The topological polar surface area (TPSA) is 71.5 Å². The fourth-order valence-electron chi connectivity index (χ4n) is 4.15. The summed E-state index contributed by atoms with van der Waals surface area (Å²) in [5.74, 6) is -1.40. The third-order valence-electron chi connectivity index (χ3n) is 5.96. The molecule has 0 bridgehead atoms. The van der Waals surface area contributed by atoms with E-state index in [1.807, 2.05) is 0 Å². The summed E-state index contributed by atoms with van der Waals surface area (Å²) >= 11 is 18.7. The quantitative estimate of drug-likeness (QED) is 0.343. The van der Waals surface area contributed by atoms with E-state index in [0.29, 0.717) is 37.5 Å². The van der Waals surface area contributed by atoms with Gasteiger partial charge in [-0.05, 0) is 55.8 Å². The number of carbonyl (C=O) groups is 1. The minimum absolute atomic E-state index is 0.159. The smallest absolute Gasteiger partial charge is 0.416 e. The molecule has 1 aromatic heterocycles. The van der Waals surface area contributed by atoms with Crippen LogP contribution in [-0.2, 0) is 4.79 Å². The van der Waals surface area contributed by atoms with E-state index in [4.69, 9.17) is 44.5 Å². The van der Waals surface area contributed by atoms with Gasteiger partial charge in [0, 0.05) is 33.2 Å². The Morgan fingerprint density at radius 3 is 2.38 bits per heavy atom. The van der Waals surface area contributed by atoms with Crippen LogP contribution in [0.4, 0.5) is 13.2 Å². The molecule has 0 saturated carbocycles. The number of ether oxygens (including phenoxy) is 1. The van der Waals surface area contributed by atoms with Crippen LogP contribution in [0.1, 0.15) is 31.7 Å². The fourth-order valence-corrected chi connectivity index (χ4v) is 4.78. The third kappa shape index (κ3) is 6.14. The third-order valence-corrected chi connectivity index (χ3v) is 6.76. The van der Waals surface area contributed by atoms with E-state index < -0.39 is 36.3 Å². The number of carbonyl (C=O) groups excluding carboxylic acids is 1. The summed E-state index contributed by atoms with van der Waals surface area (Å²) in [5, 5.41) is 12.9. The minimum Gasteiger partial charge on any atom is -0.471 e. The normalized spacial score (nSPS) is 17.5. The van der Waals surface area contributed by atoms with Crippen LogP contribution in [0.3, 0.4) is 0 Å². The summed E-state index contributed by atoms with van der Waals surface area (Å²) < 4.78 is 44.4. The molecule has 0 spiro atoms. The molecule has 1 aliphatic rings. The van der Waals surface area contributed by atoms with Crippen molar-refractivity contribution in [3.63, 3.8) is 0 Å². The summed E-state index contributed by atoms with van der Waals surface area (Å²) in [6.07, 6.45) is -7.35. The zero-order valence-electron chi connectivity index (χ0n) is 19.7. The Balaban J connectivity index is 1.84. The Kier molecular flexibility index (Phi) is 7.68. The van der Waals surface area contributed by atoms with Crippen LogP contribution in [-0.4, -0.2) is 40.4 Å². The number of benzene rings is 2. The predicted octanol–water partition coefficient (Wildman–Crippen LogP) is 7.06. The van der Waals surface area contributed by atoms with Crippen molar-refractivity contribution < 1.29 is 27.8 Å². The molecule has 1 aliphatic heterocycles. The van der Waals surface area contributed by atoms with Gasteiger partial charge in [0.2, 0.25) is 11.8 Å². The number of nitrogens with one attached hydrogen (secondary N) is 1. The van der Waals surface area contributed by atoms with Gasteiger partial charge in [-0.2, -0.15) is 13.2 Å². The summed E-state index contributed by atoms with van der Waals surface area (Å²) in [5.41, 5.74) is 1.91. The summed E-state index contributed by atoms with van der Waals surface area (Å²) in [6, 6.07) is 13.7. The Bertz CT molecular complexity index is 1330. The molecule has 196 valence electrons. The number of rotatable bonds is 5. The molecule has 11 heteroatoms. The lowest BCUT2D eigenvalue weighted by Gasteiger charge is -2.37. The lowest BCUT2D eigenvalue weighted by atomic mass is 9.83. The van der Waals surface area contributed by atoms with Gasteiger partial charge < -0.3 is 15.2 Å². The molecule has 0 saturated heterocycles. The molecule has 4 rings (SSSR count). The highest BCUT2D eigenvalue weighted by atomic mass is 35.5. The molecule has 2 unspecified atom stereocenters. The number of amides is 1. The van der Waals surface area contributed by atoms with Crippen molar-refractivity contribution in [1.29, 1.82) is 0 Å². The average molecular weight is 574 g/mol. The van der Waals surface area contributed by atoms with E-state index in [1.54, 1.807) is 62.4 Å². The lowest BCUT2D eigenvalue weighted by Crippen LogP contribution is -2.45. The minimum atomic E-state index is -4.85. The molecule has 1 amide bonds. The van der Waals surface area contributed by atoms with E-state index in [2.05, 4.69) is 5.32 Å². The van der Waals surface area contributed by atoms with E-state index in [-0.39, 0.29) is 12.3 Å². The van der Waals surface area contributed by atoms with Gasteiger partial charge in [0.05, 0.1) is 23.2 Å². The largest absolute Gasteiger partial charge is 0.471 e. The van der Waals surface area contributed by atoms with Crippen molar-refractivity contribution in [2.45, 2.75) is 44.1 Å². The number of halogens is 6. The van der Waals surface area contributed by atoms with Crippen LogP contribution in [0.2, 0.25) is 15.1 Å². The molecule has 37 heavy (non-hydrogen) atoms. The van der Waals surface area contributed by atoms with E-state index >= 15 is 0 Å². The Hall–Kier alpha value is -2.52. The van der Waals surface area contributed by atoms with Crippen LogP contribution >= 0.6 is 34.8 Å². The van der Waals surface area contributed by atoms with Gasteiger partial charge in [-0.25, -0.2) is 4.98 Å². The van der Waals surface area contributed by atoms with Crippen LogP contribution in [0, 0.1) is 0 Å². The van der Waals surface area contributed by atoms with Crippen LogP contribution < -0.4 is 10.1 Å². The van der Waals surface area contributed by atoms with Gasteiger partial charge >= 0.3 is 6.18 Å². The molecule has 0 fully saturated rings. The standard InChI is InChI=1S/C26H22Cl3F3N2O3/c1-25(2)11-19(23(36)33-12-21(35)26(30,31)32)18-10-17(13-3-5-14(27)6-4-13)22(34-24(18)37-25)16-8-7-15(28)9-20(16)29/h3-10,19,21,35H,11-12H2,1-2H3,(H,33,36). The number of pyridine rings is 1. The molecule has 2 atom stereocenters. The Labute approximate surface area is 226 Å². The highest BCUT2D eigenvalue weighted by Crippen LogP contribution is 2.45. The molecular weight excluding hydrogens is 552 g/mol. The molecule has 3 aromatic rings. The fraction of sp³-hybridized carbons (Fsp3) is 0.308. The van der Waals surface area contributed by atoms with Gasteiger partial charge in [-0.15, -0.1) is 0 Å². The van der Waals surface area contributed by atoms with E-state index in [0.717, 1.165) is 5.56 Å². The second kappa shape index (κ2) is 10.3. The number of aliphatic hydroxyl groups excluding tert-OH is 1. The summed E-state index contributed by atoms with van der Waals surface area (Å²) in [4.78, 5) is 17.8. The highest BCUT2D eigenvalue weighted by Gasteiger charge is 2.42. The zero-order valence-corrected chi connectivity index (χ0v) is 21.9. The number of hydrogen-bond donors (Lipinski definition) is 2. The Morgan fingerprint density at radius 1 is 1.11 bits per heavy atom. The SMILES string of the molecule is CC1(C)CC(C(=O)NCC(O)C(F)(F)F)c2cc(-c3ccc(Cl)cc3)c(-c3ccc(Cl)cc3Cl)nc2O1. The van der Waals surface area contributed by atoms with Gasteiger partial charge in [0.25, 0.3) is 0 Å². The molecule has 2 heterocycles. The first-order chi connectivity index (χ1) is 17.2. The highest BCUT2D eigenvalue weighted by molar-refractivity contribution is 6.36. The van der Waals surface area contributed by atoms with Crippen molar-refractivity contribution in [1.82, 2.24) is 10.3 Å². The van der Waals surface area contributed by atoms with Crippen molar-refractivity contribution in [3.05, 3.63) is 69.2 Å². The van der Waals surface area contributed by atoms with Crippen molar-refractivity contribution >= 4 is 40.7 Å². The number of aromatic nitrogens is 1.